The van der Waals surface area contributed by atoms with E-state index >= 15 is 0 Å². The Morgan fingerprint density at radius 1 is 1.22 bits per heavy atom. The van der Waals surface area contributed by atoms with Crippen LogP contribution in [0.15, 0.2) is 46.0 Å². The molecule has 0 spiro atoms. The maximum absolute atomic E-state index is 13.1. The van der Waals surface area contributed by atoms with Crippen molar-refractivity contribution in [2.24, 2.45) is 5.92 Å². The molecule has 10 heteroatoms. The van der Waals surface area contributed by atoms with Gasteiger partial charge in [-0.1, -0.05) is 26.0 Å². The first-order valence-corrected chi connectivity index (χ1v) is 10.3. The number of rotatable bonds is 8. The summed E-state index contributed by atoms with van der Waals surface area (Å²) in [4.78, 5) is 24.1. The molecule has 0 aliphatic heterocycles. The normalized spacial score (nSPS) is 12.6. The quantitative estimate of drug-likeness (QED) is 0.646. The molecule has 2 N–H and O–H groups in total. The van der Waals surface area contributed by atoms with Crippen molar-refractivity contribution in [3.63, 3.8) is 0 Å². The number of carbonyl (C=O) groups excluding carboxylic acids is 2. The Morgan fingerprint density at radius 2 is 1.96 bits per heavy atom. The molecule has 0 aliphatic rings. The highest BCUT2D eigenvalue weighted by Crippen LogP contribution is 2.17. The number of hydrogen-bond donors (Lipinski definition) is 2. The third kappa shape index (κ3) is 6.12. The molecule has 0 fully saturated rings. The van der Waals surface area contributed by atoms with Crippen LogP contribution in [0.4, 0.5) is 10.1 Å². The monoisotopic (exact) mass is 414 g/mol. The van der Waals surface area contributed by atoms with E-state index in [9.17, 15) is 22.4 Å². The number of ether oxygens (including phenoxy) is 1. The average molecular weight is 414 g/mol. The molecule has 146 valence electrons. The number of sulfonamides is 1. The summed E-state index contributed by atoms with van der Waals surface area (Å²) in [6, 6.07) is 7.09. The van der Waals surface area contributed by atoms with E-state index in [1.807, 2.05) is 0 Å². The molecular weight excluding hydrogens is 395 g/mol. The largest absolute Gasteiger partial charge is 0.454 e. The summed E-state index contributed by atoms with van der Waals surface area (Å²) in [6.45, 7) is 2.67. The zero-order chi connectivity index (χ0) is 20.0. The molecule has 1 aromatic carbocycles. The van der Waals surface area contributed by atoms with Gasteiger partial charge in [0.1, 0.15) is 16.1 Å². The number of nitrogens with one attached hydrogen (secondary N) is 2. The molecule has 1 aromatic heterocycles. The fraction of sp³-hybridized carbons (Fsp3) is 0.294. The maximum Gasteiger partial charge on any atom is 0.324 e. The molecule has 1 amide bonds. The Bertz CT molecular complexity index is 898. The highest BCUT2D eigenvalue weighted by Gasteiger charge is 2.30. The summed E-state index contributed by atoms with van der Waals surface area (Å²) in [5.74, 6) is -2.47. The molecule has 2 aromatic rings. The standard InChI is InChI=1S/C17H19FN2O5S2/c1-11(2)16(20-27(23,24)15-7-4-8-26-15)17(22)25-10-14(21)19-13-6-3-5-12(18)9-13/h3-9,11,16,20H,10H2,1-2H3,(H,19,21)/t16-/m1/s1. The van der Waals surface area contributed by atoms with E-state index in [-0.39, 0.29) is 9.90 Å². The minimum Gasteiger partial charge on any atom is -0.454 e. The van der Waals surface area contributed by atoms with Gasteiger partial charge in [0.05, 0.1) is 0 Å². The molecule has 0 aliphatic carbocycles. The second kappa shape index (κ2) is 9.07. The van der Waals surface area contributed by atoms with Crippen LogP contribution in [0.2, 0.25) is 0 Å². The number of benzene rings is 1. The fourth-order valence-electron chi connectivity index (χ4n) is 2.09. The summed E-state index contributed by atoms with van der Waals surface area (Å²) in [6.07, 6.45) is 0. The van der Waals surface area contributed by atoms with Gasteiger partial charge in [0.25, 0.3) is 15.9 Å². The minimum absolute atomic E-state index is 0.0739. The van der Waals surface area contributed by atoms with Crippen molar-refractivity contribution in [3.8, 4) is 0 Å². The molecule has 0 unspecified atom stereocenters. The van der Waals surface area contributed by atoms with Gasteiger partial charge in [-0.2, -0.15) is 4.72 Å². The summed E-state index contributed by atoms with van der Waals surface area (Å²) >= 11 is 1.02. The zero-order valence-electron chi connectivity index (χ0n) is 14.6. The van der Waals surface area contributed by atoms with Gasteiger partial charge in [0.2, 0.25) is 0 Å². The van der Waals surface area contributed by atoms with Gasteiger partial charge in [0.15, 0.2) is 6.61 Å². The van der Waals surface area contributed by atoms with Gasteiger partial charge < -0.3 is 10.1 Å². The summed E-state index contributed by atoms with van der Waals surface area (Å²) in [5, 5.41) is 3.99. The second-order valence-corrected chi connectivity index (χ2v) is 8.83. The molecular formula is C17H19FN2O5S2. The van der Waals surface area contributed by atoms with Gasteiger partial charge in [-0.15, -0.1) is 11.3 Å². The third-order valence-corrected chi connectivity index (χ3v) is 6.26. The van der Waals surface area contributed by atoms with Crippen molar-refractivity contribution in [3.05, 3.63) is 47.6 Å². The number of amides is 1. The van der Waals surface area contributed by atoms with Crippen molar-refractivity contribution in [1.82, 2.24) is 4.72 Å². The smallest absolute Gasteiger partial charge is 0.324 e. The predicted octanol–water partition coefficient (Wildman–Crippen LogP) is 2.37. The minimum atomic E-state index is -3.87. The summed E-state index contributed by atoms with van der Waals surface area (Å²) in [7, 11) is -3.87. The Kier molecular flexibility index (Phi) is 7.05. The fourth-order valence-corrected chi connectivity index (χ4v) is 4.43. The predicted molar refractivity (Wildman–Crippen MR) is 99.3 cm³/mol. The molecule has 0 saturated heterocycles. The number of thiophene rings is 1. The van der Waals surface area contributed by atoms with Crippen LogP contribution in [-0.4, -0.2) is 32.9 Å². The zero-order valence-corrected chi connectivity index (χ0v) is 16.3. The van der Waals surface area contributed by atoms with Crippen LogP contribution in [0.1, 0.15) is 13.8 Å². The summed E-state index contributed by atoms with van der Waals surface area (Å²) < 4.78 is 45.0. The van der Waals surface area contributed by atoms with Crippen molar-refractivity contribution in [2.45, 2.75) is 24.1 Å². The van der Waals surface area contributed by atoms with E-state index in [2.05, 4.69) is 10.0 Å². The van der Waals surface area contributed by atoms with Crippen LogP contribution in [0.25, 0.3) is 0 Å². The molecule has 0 saturated carbocycles. The van der Waals surface area contributed by atoms with Crippen molar-refractivity contribution < 1.29 is 27.1 Å². The van der Waals surface area contributed by atoms with E-state index in [0.29, 0.717) is 0 Å². The molecule has 1 heterocycles. The Hall–Kier alpha value is -2.30. The third-order valence-electron chi connectivity index (χ3n) is 3.42. The maximum atomic E-state index is 13.1. The number of carbonyl (C=O) groups is 2. The van der Waals surface area contributed by atoms with E-state index in [4.69, 9.17) is 4.74 Å². The SMILES string of the molecule is CC(C)[C@@H](NS(=O)(=O)c1cccs1)C(=O)OCC(=O)Nc1cccc(F)c1. The lowest BCUT2D eigenvalue weighted by molar-refractivity contribution is -0.150. The molecule has 7 nitrogen and oxygen atoms in total. The van der Waals surface area contributed by atoms with Crippen LogP contribution in [0.3, 0.4) is 0 Å². The van der Waals surface area contributed by atoms with E-state index in [1.165, 1.54) is 24.3 Å². The van der Waals surface area contributed by atoms with Crippen LogP contribution in [-0.2, 0) is 24.3 Å². The van der Waals surface area contributed by atoms with E-state index in [1.54, 1.807) is 25.3 Å². The number of esters is 1. The molecule has 27 heavy (non-hydrogen) atoms. The second-order valence-electron chi connectivity index (χ2n) is 5.94. The van der Waals surface area contributed by atoms with Crippen LogP contribution >= 0.6 is 11.3 Å². The van der Waals surface area contributed by atoms with Crippen molar-refractivity contribution in [2.75, 3.05) is 11.9 Å². The molecule has 2 rings (SSSR count). The van der Waals surface area contributed by atoms with Crippen LogP contribution in [0.5, 0.6) is 0 Å². The van der Waals surface area contributed by atoms with Crippen molar-refractivity contribution in [1.29, 1.82) is 0 Å². The van der Waals surface area contributed by atoms with Gasteiger partial charge in [-0.05, 0) is 35.6 Å². The molecule has 0 radical (unpaired) electrons. The topological polar surface area (TPSA) is 102 Å². The Balaban J connectivity index is 1.96. The number of anilines is 1. The highest BCUT2D eigenvalue weighted by molar-refractivity contribution is 7.91. The lowest BCUT2D eigenvalue weighted by Crippen LogP contribution is -2.45. The van der Waals surface area contributed by atoms with Gasteiger partial charge in [-0.25, -0.2) is 12.8 Å². The first-order valence-electron chi connectivity index (χ1n) is 7.97. The number of halogens is 1. The van der Waals surface area contributed by atoms with E-state index in [0.717, 1.165) is 17.4 Å². The van der Waals surface area contributed by atoms with E-state index < -0.39 is 46.3 Å². The lowest BCUT2D eigenvalue weighted by atomic mass is 10.1. The van der Waals surface area contributed by atoms with Gasteiger partial charge >= 0.3 is 5.97 Å². The first-order chi connectivity index (χ1) is 12.7. The average Bonchev–Trinajstić information content (AvgIpc) is 3.13. The van der Waals surface area contributed by atoms with Crippen LogP contribution in [0, 0.1) is 11.7 Å². The molecule has 0 bridgehead atoms. The summed E-state index contributed by atoms with van der Waals surface area (Å²) in [5.41, 5.74) is 0.217. The first kappa shape index (κ1) is 21.0. The van der Waals surface area contributed by atoms with Gasteiger partial charge in [0, 0.05) is 5.69 Å². The Labute approximate surface area is 160 Å². The van der Waals surface area contributed by atoms with Crippen LogP contribution < -0.4 is 10.0 Å². The lowest BCUT2D eigenvalue weighted by Gasteiger charge is -2.20. The molecule has 1 atom stereocenters. The van der Waals surface area contributed by atoms with Crippen molar-refractivity contribution >= 4 is 38.9 Å². The highest BCUT2D eigenvalue weighted by atomic mass is 32.2. The Morgan fingerprint density at radius 3 is 2.56 bits per heavy atom. The number of hydrogen-bond acceptors (Lipinski definition) is 6. The van der Waals surface area contributed by atoms with Gasteiger partial charge in [-0.3, -0.25) is 9.59 Å².